The number of fused-ring (bicyclic) bond motifs is 1. The molecular weight excluding hydrogens is 364 g/mol. The van der Waals surface area contributed by atoms with Crippen molar-refractivity contribution in [3.63, 3.8) is 0 Å². The fourth-order valence-corrected chi connectivity index (χ4v) is 3.59. The smallest absolute Gasteiger partial charge is 0.333 e. The van der Waals surface area contributed by atoms with Gasteiger partial charge in [0.05, 0.1) is 18.5 Å². The highest BCUT2D eigenvalue weighted by Crippen LogP contribution is 2.34. The van der Waals surface area contributed by atoms with Crippen LogP contribution in [0.1, 0.15) is 22.7 Å². The number of nitrogens with zero attached hydrogens (tertiary/aromatic N) is 2. The van der Waals surface area contributed by atoms with Crippen molar-refractivity contribution in [2.24, 2.45) is 4.99 Å². The summed E-state index contributed by atoms with van der Waals surface area (Å²) in [5.74, 6) is -0.759. The lowest BCUT2D eigenvalue weighted by atomic mass is 9.98. The topological polar surface area (TPSA) is 59.0 Å². The van der Waals surface area contributed by atoms with E-state index in [9.17, 15) is 9.59 Å². The Hall–Kier alpha value is -3.73. The lowest BCUT2D eigenvalue weighted by Crippen LogP contribution is -2.40. The van der Waals surface area contributed by atoms with Gasteiger partial charge in [-0.3, -0.25) is 14.7 Å². The Morgan fingerprint density at radius 3 is 2.24 bits per heavy atom. The Bertz CT molecular complexity index is 1060. The Balaban J connectivity index is 1.89. The minimum atomic E-state index is -0.889. The standard InChI is InChI=1S/C24H20N2O3/c1-29-24(28)23(18-12-6-3-7-13-18)26-20-15-9-8-14-19(20)22(25-16-21(26)27)17-10-4-2-5-11-17/h2-15,23H,16H2,1H3. The number of esters is 1. The molecule has 0 saturated carbocycles. The summed E-state index contributed by atoms with van der Waals surface area (Å²) in [7, 11) is 1.33. The number of amides is 1. The van der Waals surface area contributed by atoms with Gasteiger partial charge in [0.2, 0.25) is 5.91 Å². The summed E-state index contributed by atoms with van der Waals surface area (Å²) in [4.78, 5) is 32.1. The van der Waals surface area contributed by atoms with Gasteiger partial charge >= 0.3 is 5.97 Å². The van der Waals surface area contributed by atoms with Crippen molar-refractivity contribution in [1.82, 2.24) is 0 Å². The first-order valence-corrected chi connectivity index (χ1v) is 9.35. The third-order valence-corrected chi connectivity index (χ3v) is 4.91. The lowest BCUT2D eigenvalue weighted by molar-refractivity contribution is -0.143. The van der Waals surface area contributed by atoms with E-state index in [4.69, 9.17) is 4.74 Å². The number of anilines is 1. The first kappa shape index (κ1) is 18.6. The van der Waals surface area contributed by atoms with E-state index in [0.717, 1.165) is 16.8 Å². The van der Waals surface area contributed by atoms with Crippen molar-refractivity contribution in [2.75, 3.05) is 18.6 Å². The molecular formula is C24H20N2O3. The van der Waals surface area contributed by atoms with Gasteiger partial charge in [-0.05, 0) is 11.6 Å². The van der Waals surface area contributed by atoms with E-state index >= 15 is 0 Å². The minimum absolute atomic E-state index is 0.0563. The molecule has 0 saturated heterocycles. The van der Waals surface area contributed by atoms with Crippen LogP contribution in [0.5, 0.6) is 0 Å². The number of carbonyl (C=O) groups excluding carboxylic acids is 2. The average molecular weight is 384 g/mol. The molecule has 1 unspecified atom stereocenters. The van der Waals surface area contributed by atoms with Crippen molar-refractivity contribution >= 4 is 23.3 Å². The van der Waals surface area contributed by atoms with Gasteiger partial charge in [-0.25, -0.2) is 4.79 Å². The number of aliphatic imine (C=N–C) groups is 1. The molecule has 0 fully saturated rings. The van der Waals surface area contributed by atoms with Gasteiger partial charge in [-0.2, -0.15) is 0 Å². The number of hydrogen-bond acceptors (Lipinski definition) is 4. The van der Waals surface area contributed by atoms with Gasteiger partial charge in [0, 0.05) is 11.1 Å². The van der Waals surface area contributed by atoms with Gasteiger partial charge < -0.3 is 4.74 Å². The van der Waals surface area contributed by atoms with Crippen LogP contribution >= 0.6 is 0 Å². The van der Waals surface area contributed by atoms with E-state index < -0.39 is 12.0 Å². The van der Waals surface area contributed by atoms with E-state index in [1.54, 1.807) is 0 Å². The Morgan fingerprint density at radius 2 is 1.55 bits per heavy atom. The summed E-state index contributed by atoms with van der Waals surface area (Å²) in [5, 5.41) is 0. The maximum absolute atomic E-state index is 13.2. The first-order chi connectivity index (χ1) is 14.2. The number of benzene rings is 3. The molecule has 0 bridgehead atoms. The maximum Gasteiger partial charge on any atom is 0.333 e. The highest BCUT2D eigenvalue weighted by molar-refractivity contribution is 6.20. The molecule has 144 valence electrons. The second-order valence-electron chi connectivity index (χ2n) is 6.65. The summed E-state index contributed by atoms with van der Waals surface area (Å²) in [6.07, 6.45) is 0. The molecule has 0 aliphatic carbocycles. The van der Waals surface area contributed by atoms with Crippen molar-refractivity contribution in [3.8, 4) is 0 Å². The van der Waals surface area contributed by atoms with E-state index in [-0.39, 0.29) is 12.5 Å². The van der Waals surface area contributed by atoms with E-state index in [0.29, 0.717) is 11.3 Å². The number of para-hydroxylation sites is 1. The van der Waals surface area contributed by atoms with Crippen LogP contribution in [-0.4, -0.2) is 31.2 Å². The number of methoxy groups -OCH3 is 1. The van der Waals surface area contributed by atoms with Crippen molar-refractivity contribution < 1.29 is 14.3 Å². The van der Waals surface area contributed by atoms with E-state index in [2.05, 4.69) is 4.99 Å². The fourth-order valence-electron chi connectivity index (χ4n) is 3.59. The molecule has 3 aromatic rings. The molecule has 0 spiro atoms. The first-order valence-electron chi connectivity index (χ1n) is 9.35. The molecule has 5 heteroatoms. The van der Waals surface area contributed by atoms with E-state index in [1.807, 2.05) is 84.9 Å². The molecule has 0 radical (unpaired) electrons. The maximum atomic E-state index is 13.2. The molecule has 1 heterocycles. The van der Waals surface area contributed by atoms with Crippen LogP contribution in [0.15, 0.2) is 89.9 Å². The SMILES string of the molecule is COC(=O)C(c1ccccc1)N1C(=O)CN=C(c2ccccc2)c2ccccc21. The second kappa shape index (κ2) is 8.10. The Labute approximate surface area is 169 Å². The monoisotopic (exact) mass is 384 g/mol. The third kappa shape index (κ3) is 3.55. The highest BCUT2D eigenvalue weighted by Gasteiger charge is 2.36. The minimum Gasteiger partial charge on any atom is -0.467 e. The predicted molar refractivity (Wildman–Crippen MR) is 112 cm³/mol. The van der Waals surface area contributed by atoms with Crippen molar-refractivity contribution in [1.29, 1.82) is 0 Å². The van der Waals surface area contributed by atoms with Crippen molar-refractivity contribution in [2.45, 2.75) is 6.04 Å². The van der Waals surface area contributed by atoms with Gasteiger partial charge in [0.25, 0.3) is 0 Å². The molecule has 29 heavy (non-hydrogen) atoms. The third-order valence-electron chi connectivity index (χ3n) is 4.91. The second-order valence-corrected chi connectivity index (χ2v) is 6.65. The molecule has 4 rings (SSSR count). The highest BCUT2D eigenvalue weighted by atomic mass is 16.5. The molecule has 1 atom stereocenters. The zero-order valence-electron chi connectivity index (χ0n) is 16.0. The molecule has 0 aromatic heterocycles. The van der Waals surface area contributed by atoms with Crippen LogP contribution in [0, 0.1) is 0 Å². The van der Waals surface area contributed by atoms with E-state index in [1.165, 1.54) is 12.0 Å². The average Bonchev–Trinajstić information content (AvgIpc) is 2.92. The summed E-state index contributed by atoms with van der Waals surface area (Å²) in [5.41, 5.74) is 3.77. The van der Waals surface area contributed by atoms with Crippen molar-refractivity contribution in [3.05, 3.63) is 102 Å². The number of rotatable bonds is 4. The summed E-state index contributed by atoms with van der Waals surface area (Å²) in [6, 6.07) is 25.6. The molecule has 1 aliphatic heterocycles. The number of ether oxygens (including phenoxy) is 1. The number of carbonyl (C=O) groups is 2. The normalized spacial score (nSPS) is 14.4. The molecule has 5 nitrogen and oxygen atoms in total. The Morgan fingerprint density at radius 1 is 0.931 bits per heavy atom. The number of hydrogen-bond donors (Lipinski definition) is 0. The van der Waals surface area contributed by atoms with Crippen LogP contribution < -0.4 is 4.90 Å². The zero-order valence-corrected chi connectivity index (χ0v) is 16.0. The van der Waals surface area contributed by atoms with Gasteiger partial charge in [-0.15, -0.1) is 0 Å². The fraction of sp³-hybridized carbons (Fsp3) is 0.125. The van der Waals surface area contributed by atoms with Crippen LogP contribution in [0.3, 0.4) is 0 Å². The quantitative estimate of drug-likeness (QED) is 0.643. The molecule has 3 aromatic carbocycles. The summed E-state index contributed by atoms with van der Waals surface area (Å²) < 4.78 is 5.07. The van der Waals surface area contributed by atoms with Crippen LogP contribution in [0.25, 0.3) is 0 Å². The molecule has 1 aliphatic rings. The largest absolute Gasteiger partial charge is 0.467 e. The predicted octanol–water partition coefficient (Wildman–Crippen LogP) is 3.78. The molecule has 0 N–H and O–H groups in total. The van der Waals surface area contributed by atoms with Crippen LogP contribution in [0.2, 0.25) is 0 Å². The van der Waals surface area contributed by atoms with Crippen LogP contribution in [-0.2, 0) is 14.3 Å². The summed E-state index contributed by atoms with van der Waals surface area (Å²) in [6.45, 7) is -0.0563. The lowest BCUT2D eigenvalue weighted by Gasteiger charge is -2.30. The zero-order chi connectivity index (χ0) is 20.2. The van der Waals surface area contributed by atoms with Gasteiger partial charge in [0.15, 0.2) is 6.04 Å². The van der Waals surface area contributed by atoms with Gasteiger partial charge in [0.1, 0.15) is 6.54 Å². The van der Waals surface area contributed by atoms with Gasteiger partial charge in [-0.1, -0.05) is 78.9 Å². The Kier molecular flexibility index (Phi) is 5.20. The number of benzodiazepines with no additional fused rings is 1. The summed E-state index contributed by atoms with van der Waals surface area (Å²) >= 11 is 0. The van der Waals surface area contributed by atoms with Crippen LogP contribution in [0.4, 0.5) is 5.69 Å². The molecule has 1 amide bonds.